The average molecular weight is 198 g/mol. The zero-order valence-electron chi connectivity index (χ0n) is 8.82. The smallest absolute Gasteiger partial charge is 0.303 e. The first-order valence-electron chi connectivity index (χ1n) is 5.03. The van der Waals surface area contributed by atoms with E-state index < -0.39 is 11.7 Å². The van der Waals surface area contributed by atoms with E-state index >= 15 is 0 Å². The van der Waals surface area contributed by atoms with Gasteiger partial charge in [-0.1, -0.05) is 13.0 Å². The fraction of sp³-hybridized carbons (Fsp3) is 0.727. The van der Waals surface area contributed by atoms with Crippen LogP contribution in [-0.2, 0) is 9.53 Å². The normalized spacial score (nSPS) is 37.6. The molecule has 0 aromatic carbocycles. The quantitative estimate of drug-likeness (QED) is 0.542. The van der Waals surface area contributed by atoms with Gasteiger partial charge in [-0.15, -0.1) is 6.58 Å². The van der Waals surface area contributed by atoms with E-state index in [2.05, 4.69) is 6.58 Å². The minimum Gasteiger partial charge on any atom is -0.459 e. The maximum absolute atomic E-state index is 10.9. The molecule has 0 aromatic rings. The van der Waals surface area contributed by atoms with Crippen molar-refractivity contribution in [3.05, 3.63) is 12.7 Å². The van der Waals surface area contributed by atoms with Crippen molar-refractivity contribution in [1.29, 1.82) is 0 Å². The van der Waals surface area contributed by atoms with Crippen molar-refractivity contribution >= 4 is 5.97 Å². The van der Waals surface area contributed by atoms with Gasteiger partial charge in [0.25, 0.3) is 0 Å². The first-order valence-corrected chi connectivity index (χ1v) is 5.03. The molecule has 1 rings (SSSR count). The lowest BCUT2D eigenvalue weighted by atomic mass is 9.76. The van der Waals surface area contributed by atoms with Gasteiger partial charge in [0.15, 0.2) is 0 Å². The van der Waals surface area contributed by atoms with Gasteiger partial charge in [-0.05, 0) is 25.2 Å². The summed E-state index contributed by atoms with van der Waals surface area (Å²) < 4.78 is 5.15. The Morgan fingerprint density at radius 1 is 1.71 bits per heavy atom. The number of carbonyl (C=O) groups excluding carboxylic acids is 1. The lowest BCUT2D eigenvalue weighted by Gasteiger charge is -2.40. The Kier molecular flexibility index (Phi) is 3.32. The Balaban J connectivity index is 2.81. The van der Waals surface area contributed by atoms with Crippen LogP contribution in [-0.4, -0.2) is 22.8 Å². The molecule has 3 nitrogen and oxygen atoms in total. The van der Waals surface area contributed by atoms with Crippen LogP contribution < -0.4 is 0 Å². The molecule has 1 aliphatic carbocycles. The molecule has 0 spiro atoms. The molecule has 14 heavy (non-hydrogen) atoms. The number of ether oxygens (including phenoxy) is 1. The van der Waals surface area contributed by atoms with Gasteiger partial charge < -0.3 is 9.84 Å². The van der Waals surface area contributed by atoms with Crippen molar-refractivity contribution in [2.24, 2.45) is 5.92 Å². The SMILES string of the molecule is C=CC1(O)CCCC(C)C1OC(C)=O. The van der Waals surface area contributed by atoms with Crippen LogP contribution in [0.1, 0.15) is 33.1 Å². The molecule has 0 bridgehead atoms. The summed E-state index contributed by atoms with van der Waals surface area (Å²) in [5.41, 5.74) is -1.04. The van der Waals surface area contributed by atoms with E-state index in [-0.39, 0.29) is 11.9 Å². The van der Waals surface area contributed by atoms with Crippen molar-refractivity contribution in [1.82, 2.24) is 0 Å². The van der Waals surface area contributed by atoms with E-state index in [0.29, 0.717) is 6.42 Å². The van der Waals surface area contributed by atoms with Gasteiger partial charge in [0.2, 0.25) is 0 Å². The number of aliphatic hydroxyl groups is 1. The second-order valence-corrected chi connectivity index (χ2v) is 4.09. The Labute approximate surface area is 84.8 Å². The second-order valence-electron chi connectivity index (χ2n) is 4.09. The molecular formula is C11H18O3. The molecule has 0 amide bonds. The first kappa shape index (κ1) is 11.2. The summed E-state index contributed by atoms with van der Waals surface area (Å²) in [5.74, 6) is -0.153. The van der Waals surface area contributed by atoms with E-state index in [1.165, 1.54) is 13.0 Å². The number of esters is 1. The topological polar surface area (TPSA) is 46.5 Å². The average Bonchev–Trinajstić information content (AvgIpc) is 2.12. The van der Waals surface area contributed by atoms with Crippen LogP contribution >= 0.6 is 0 Å². The van der Waals surface area contributed by atoms with Crippen molar-refractivity contribution in [2.75, 3.05) is 0 Å². The van der Waals surface area contributed by atoms with Crippen molar-refractivity contribution < 1.29 is 14.6 Å². The highest BCUT2D eigenvalue weighted by molar-refractivity contribution is 5.66. The Bertz CT molecular complexity index is 237. The van der Waals surface area contributed by atoms with Crippen molar-refractivity contribution in [3.8, 4) is 0 Å². The molecule has 3 atom stereocenters. The predicted molar refractivity (Wildman–Crippen MR) is 53.7 cm³/mol. The number of hydrogen-bond acceptors (Lipinski definition) is 3. The van der Waals surface area contributed by atoms with Crippen LogP contribution in [0, 0.1) is 5.92 Å². The Hall–Kier alpha value is -0.830. The van der Waals surface area contributed by atoms with Crippen LogP contribution in [0.15, 0.2) is 12.7 Å². The molecule has 1 N–H and O–H groups in total. The van der Waals surface area contributed by atoms with Crippen LogP contribution in [0.5, 0.6) is 0 Å². The highest BCUT2D eigenvalue weighted by Crippen LogP contribution is 2.35. The summed E-state index contributed by atoms with van der Waals surface area (Å²) in [6.45, 7) is 6.96. The highest BCUT2D eigenvalue weighted by atomic mass is 16.6. The summed E-state index contributed by atoms with van der Waals surface area (Å²) in [7, 11) is 0. The minimum absolute atomic E-state index is 0.190. The van der Waals surface area contributed by atoms with Crippen LogP contribution in [0.3, 0.4) is 0 Å². The first-order chi connectivity index (χ1) is 6.49. The third kappa shape index (κ3) is 2.15. The molecule has 0 heterocycles. The summed E-state index contributed by atoms with van der Waals surface area (Å²) >= 11 is 0. The maximum atomic E-state index is 10.9. The van der Waals surface area contributed by atoms with Gasteiger partial charge in [0, 0.05) is 6.92 Å². The number of rotatable bonds is 2. The van der Waals surface area contributed by atoms with Crippen molar-refractivity contribution in [2.45, 2.75) is 44.8 Å². The van der Waals surface area contributed by atoms with Crippen LogP contribution in [0.25, 0.3) is 0 Å². The highest BCUT2D eigenvalue weighted by Gasteiger charge is 2.42. The lowest BCUT2D eigenvalue weighted by Crippen LogP contribution is -2.49. The monoisotopic (exact) mass is 198 g/mol. The Morgan fingerprint density at radius 2 is 2.36 bits per heavy atom. The Morgan fingerprint density at radius 3 is 2.86 bits per heavy atom. The molecule has 0 saturated heterocycles. The molecule has 0 aromatic heterocycles. The molecule has 80 valence electrons. The van der Waals surface area contributed by atoms with Gasteiger partial charge >= 0.3 is 5.97 Å². The van der Waals surface area contributed by atoms with E-state index in [1.807, 2.05) is 6.92 Å². The van der Waals surface area contributed by atoms with E-state index in [9.17, 15) is 9.90 Å². The maximum Gasteiger partial charge on any atom is 0.303 e. The minimum atomic E-state index is -1.04. The zero-order chi connectivity index (χ0) is 10.8. The van der Waals surface area contributed by atoms with Gasteiger partial charge in [-0.2, -0.15) is 0 Å². The summed E-state index contributed by atoms with van der Waals surface area (Å²) in [6.07, 6.45) is 3.61. The standard InChI is InChI=1S/C11H18O3/c1-4-11(13)7-5-6-8(2)10(11)14-9(3)12/h4,8,10,13H,1,5-7H2,2-3H3. The summed E-state index contributed by atoms with van der Waals surface area (Å²) in [6, 6.07) is 0. The van der Waals surface area contributed by atoms with E-state index in [0.717, 1.165) is 12.8 Å². The van der Waals surface area contributed by atoms with E-state index in [4.69, 9.17) is 4.74 Å². The van der Waals surface area contributed by atoms with E-state index in [1.54, 1.807) is 0 Å². The molecule has 1 aliphatic rings. The molecular weight excluding hydrogens is 180 g/mol. The fourth-order valence-corrected chi connectivity index (χ4v) is 2.11. The summed E-state index contributed by atoms with van der Waals surface area (Å²) in [5, 5.41) is 10.2. The third-order valence-electron chi connectivity index (χ3n) is 2.89. The molecule has 3 heteroatoms. The van der Waals surface area contributed by atoms with Gasteiger partial charge in [-0.3, -0.25) is 4.79 Å². The van der Waals surface area contributed by atoms with Crippen LogP contribution in [0.4, 0.5) is 0 Å². The molecule has 1 saturated carbocycles. The zero-order valence-corrected chi connectivity index (χ0v) is 8.82. The van der Waals surface area contributed by atoms with Crippen molar-refractivity contribution in [3.63, 3.8) is 0 Å². The molecule has 0 aliphatic heterocycles. The third-order valence-corrected chi connectivity index (χ3v) is 2.89. The van der Waals surface area contributed by atoms with Gasteiger partial charge in [0.05, 0.1) is 0 Å². The number of hydrogen-bond donors (Lipinski definition) is 1. The molecule has 3 unspecified atom stereocenters. The number of carbonyl (C=O) groups is 1. The molecule has 0 radical (unpaired) electrons. The van der Waals surface area contributed by atoms with Gasteiger partial charge in [0.1, 0.15) is 11.7 Å². The van der Waals surface area contributed by atoms with Gasteiger partial charge in [-0.25, -0.2) is 0 Å². The summed E-state index contributed by atoms with van der Waals surface area (Å²) in [4.78, 5) is 10.9. The van der Waals surface area contributed by atoms with Crippen LogP contribution in [0.2, 0.25) is 0 Å². The lowest BCUT2D eigenvalue weighted by molar-refractivity contribution is -0.169. The largest absolute Gasteiger partial charge is 0.459 e. The predicted octanol–water partition coefficient (Wildman–Crippen LogP) is 1.66. The molecule has 1 fully saturated rings. The fourth-order valence-electron chi connectivity index (χ4n) is 2.11. The second kappa shape index (κ2) is 4.13.